The van der Waals surface area contributed by atoms with Crippen LogP contribution in [0.25, 0.3) is 11.5 Å². The Bertz CT molecular complexity index is 3410. The molecular formula is C55H47F6N5O10. The number of pyridine rings is 2. The van der Waals surface area contributed by atoms with Crippen LogP contribution in [0, 0.1) is 34.9 Å². The molecule has 21 heteroatoms. The molecule has 1 saturated heterocycles. The van der Waals surface area contributed by atoms with Gasteiger partial charge in [0, 0.05) is 73.1 Å². The van der Waals surface area contributed by atoms with E-state index in [0.717, 1.165) is 38.4 Å². The molecule has 2 aromatic heterocycles. The Morgan fingerprint density at radius 1 is 0.592 bits per heavy atom. The lowest BCUT2D eigenvalue weighted by Gasteiger charge is -2.15. The molecule has 1 aliphatic heterocycles. The molecule has 15 nitrogen and oxygen atoms in total. The summed E-state index contributed by atoms with van der Waals surface area (Å²) in [5.74, 6) is -11.1. The van der Waals surface area contributed by atoms with Gasteiger partial charge >= 0.3 is 5.91 Å². The van der Waals surface area contributed by atoms with Gasteiger partial charge in [-0.2, -0.15) is 0 Å². The maximum atomic E-state index is 14.3. The summed E-state index contributed by atoms with van der Waals surface area (Å²) in [6, 6.07) is 19.5. The first kappa shape index (κ1) is 54.9. The fraction of sp³-hybridized carbons (Fsp3) is 0.218. The number of hydrogen-bond donors (Lipinski definition) is 5. The van der Waals surface area contributed by atoms with Crippen molar-refractivity contribution in [1.82, 2.24) is 24.9 Å². The molecule has 4 aromatic carbocycles. The third kappa shape index (κ3) is 13.6. The number of halogens is 6. The van der Waals surface area contributed by atoms with Crippen LogP contribution in [0.15, 0.2) is 131 Å². The molecule has 2 aliphatic rings. The normalized spacial score (nSPS) is 15.5. The van der Waals surface area contributed by atoms with E-state index in [9.17, 15) is 75.2 Å². The number of ketones is 2. The Kier molecular flexibility index (Phi) is 17.7. The van der Waals surface area contributed by atoms with E-state index < -0.39 is 98.6 Å². The van der Waals surface area contributed by atoms with Crippen molar-refractivity contribution >= 4 is 40.8 Å². The first-order valence-corrected chi connectivity index (χ1v) is 23.6. The molecule has 1 saturated carbocycles. The van der Waals surface area contributed by atoms with E-state index in [1.165, 1.54) is 67.0 Å². The standard InChI is InChI=1S/C28H25F3N2O5.C27H22F3N3O5/c29-19-9-8-17(22(31)12-19)10-16-11-20(28(38)33(14-16)15-18-4-1-2-5-21(18)30)25(35)13-26(36)27(37)32-23-6-3-7-24(23)34;28-20-6-2-1-5-17(20)15-32-14-16(11-18-21(29)7-3-8-22(18)30)12-19(27(32)38)23(34)13-24(35)26(37)31-33-10-4-9-25(33)36/h1-2,4-5,8-9,11-14,23-24,34-35H,3,6-7,10,15H2,(H,32,37);1-3,5-8,12-14,34H,4,9-11,15H2,(H,31,37)/t23-,24-;/m0./s1. The SMILES string of the molecule is O=C(C=C(O)c1cc(Cc2c(F)cccc2F)cn(Cc2ccccc2F)c1=O)C(=O)NN1CCCC1=O.O=C(C=C(O)c1cc(Cc2ccc(F)cc2F)cn(Cc2ccccc2F)c1=O)C(=O)N[C@H]1CCC[C@@H]1O. The van der Waals surface area contributed by atoms with E-state index in [2.05, 4.69) is 10.7 Å². The second-order valence-corrected chi connectivity index (χ2v) is 17.8. The molecule has 0 unspecified atom stereocenters. The predicted octanol–water partition coefficient (Wildman–Crippen LogP) is 6.43. The number of amides is 3. The summed E-state index contributed by atoms with van der Waals surface area (Å²) in [7, 11) is 0. The van der Waals surface area contributed by atoms with Crippen molar-refractivity contribution in [1.29, 1.82) is 0 Å². The molecular weight excluding hydrogens is 1000 g/mol. The number of benzene rings is 4. The number of nitrogens with zero attached hydrogens (tertiary/aromatic N) is 3. The molecule has 8 rings (SSSR count). The second kappa shape index (κ2) is 24.5. The minimum atomic E-state index is -1.24. The second-order valence-electron chi connectivity index (χ2n) is 17.8. The van der Waals surface area contributed by atoms with Gasteiger partial charge in [-0.15, -0.1) is 0 Å². The van der Waals surface area contributed by atoms with Gasteiger partial charge in [0.25, 0.3) is 17.0 Å². The number of nitrogens with one attached hydrogen (secondary N) is 2. The van der Waals surface area contributed by atoms with Crippen LogP contribution < -0.4 is 21.9 Å². The van der Waals surface area contributed by atoms with E-state index in [4.69, 9.17) is 0 Å². The van der Waals surface area contributed by atoms with Crippen molar-refractivity contribution in [3.8, 4) is 0 Å². The Morgan fingerprint density at radius 3 is 1.62 bits per heavy atom. The first-order valence-electron chi connectivity index (χ1n) is 23.6. The van der Waals surface area contributed by atoms with Gasteiger partial charge in [-0.05, 0) is 84.8 Å². The van der Waals surface area contributed by atoms with Gasteiger partial charge < -0.3 is 29.8 Å². The number of hydrazine groups is 1. The third-order valence-corrected chi connectivity index (χ3v) is 12.4. The molecule has 0 radical (unpaired) electrons. The van der Waals surface area contributed by atoms with Crippen molar-refractivity contribution in [3.05, 3.63) is 222 Å². The molecule has 3 heterocycles. The van der Waals surface area contributed by atoms with Crippen LogP contribution in [0.3, 0.4) is 0 Å². The predicted molar refractivity (Wildman–Crippen MR) is 263 cm³/mol. The van der Waals surface area contributed by atoms with Crippen LogP contribution in [0.5, 0.6) is 0 Å². The van der Waals surface area contributed by atoms with Crippen LogP contribution >= 0.6 is 0 Å². The highest BCUT2D eigenvalue weighted by Crippen LogP contribution is 2.22. The summed E-state index contributed by atoms with van der Waals surface area (Å²) >= 11 is 0. The Morgan fingerprint density at radius 2 is 1.12 bits per heavy atom. The van der Waals surface area contributed by atoms with E-state index >= 15 is 0 Å². The lowest BCUT2D eigenvalue weighted by Crippen LogP contribution is -2.45. The average Bonchev–Trinajstić information content (AvgIpc) is 3.99. The van der Waals surface area contributed by atoms with Gasteiger partial charge in [-0.1, -0.05) is 48.5 Å². The van der Waals surface area contributed by atoms with Gasteiger partial charge in [0.15, 0.2) is 0 Å². The Labute approximate surface area is 428 Å². The van der Waals surface area contributed by atoms with E-state index in [1.54, 1.807) is 12.1 Å². The van der Waals surface area contributed by atoms with Crippen LogP contribution in [0.2, 0.25) is 0 Å². The monoisotopic (exact) mass is 1050 g/mol. The molecule has 0 bridgehead atoms. The quantitative estimate of drug-likeness (QED) is 0.0310. The smallest absolute Gasteiger partial charge is 0.310 e. The summed E-state index contributed by atoms with van der Waals surface area (Å²) in [4.78, 5) is 87.3. The Hall–Kier alpha value is -8.85. The van der Waals surface area contributed by atoms with E-state index in [1.807, 2.05) is 0 Å². The molecule has 6 aromatic rings. The van der Waals surface area contributed by atoms with Crippen molar-refractivity contribution in [2.24, 2.45) is 0 Å². The lowest BCUT2D eigenvalue weighted by molar-refractivity contribution is -0.143. The third-order valence-electron chi connectivity index (χ3n) is 12.4. The molecule has 5 N–H and O–H groups in total. The maximum absolute atomic E-state index is 14.3. The fourth-order valence-corrected chi connectivity index (χ4v) is 8.43. The number of carbonyl (C=O) groups is 5. The number of hydrogen-bond acceptors (Lipinski definition) is 10. The number of carbonyl (C=O) groups excluding carboxylic acids is 5. The highest BCUT2D eigenvalue weighted by Gasteiger charge is 2.29. The van der Waals surface area contributed by atoms with Crippen molar-refractivity contribution in [2.75, 3.05) is 6.54 Å². The minimum Gasteiger partial charge on any atom is -0.507 e. The van der Waals surface area contributed by atoms with Gasteiger partial charge in [0.1, 0.15) is 46.4 Å². The maximum Gasteiger partial charge on any atom is 0.310 e. The van der Waals surface area contributed by atoms with Crippen LogP contribution in [0.1, 0.15) is 76.6 Å². The topological polar surface area (TPSA) is 217 Å². The fourth-order valence-electron chi connectivity index (χ4n) is 8.43. The first-order chi connectivity index (χ1) is 36.3. The zero-order chi connectivity index (χ0) is 54.8. The minimum absolute atomic E-state index is 0.0995. The molecule has 3 amide bonds. The summed E-state index contributed by atoms with van der Waals surface area (Å²) in [5, 5.41) is 34.5. The number of aliphatic hydroxyl groups is 3. The molecule has 0 spiro atoms. The van der Waals surface area contributed by atoms with Crippen LogP contribution in [-0.2, 0) is 49.9 Å². The van der Waals surface area contributed by atoms with Gasteiger partial charge in [0.2, 0.25) is 17.5 Å². The molecule has 2 atom stereocenters. The summed E-state index contributed by atoms with van der Waals surface area (Å²) in [5.41, 5.74) is 0.241. The summed E-state index contributed by atoms with van der Waals surface area (Å²) < 4.78 is 86.9. The van der Waals surface area contributed by atoms with Gasteiger partial charge in [0.05, 0.1) is 36.4 Å². The van der Waals surface area contributed by atoms with Crippen LogP contribution in [0.4, 0.5) is 26.3 Å². The molecule has 76 heavy (non-hydrogen) atoms. The highest BCUT2D eigenvalue weighted by molar-refractivity contribution is 6.42. The zero-order valence-corrected chi connectivity index (χ0v) is 40.1. The highest BCUT2D eigenvalue weighted by atomic mass is 19.2. The van der Waals surface area contributed by atoms with Crippen LogP contribution in [-0.4, -0.2) is 77.4 Å². The summed E-state index contributed by atoms with van der Waals surface area (Å²) in [6.45, 7) is -0.298. The summed E-state index contributed by atoms with van der Waals surface area (Å²) in [6.07, 6.45) is 4.88. The van der Waals surface area contributed by atoms with E-state index in [-0.39, 0.29) is 78.2 Å². The van der Waals surface area contributed by atoms with Crippen molar-refractivity contribution < 1.29 is 65.6 Å². The Balaban J connectivity index is 0.000000221. The number of aromatic nitrogens is 2. The number of rotatable bonds is 16. The molecule has 1 aliphatic carbocycles. The van der Waals surface area contributed by atoms with Gasteiger partial charge in [-0.3, -0.25) is 44.0 Å². The lowest BCUT2D eigenvalue weighted by atomic mass is 10.0. The average molecular weight is 1050 g/mol. The number of aliphatic hydroxyl groups excluding tert-OH is 3. The zero-order valence-electron chi connectivity index (χ0n) is 40.1. The largest absolute Gasteiger partial charge is 0.507 e. The van der Waals surface area contributed by atoms with Gasteiger partial charge in [-0.25, -0.2) is 26.3 Å². The molecule has 2 fully saturated rings. The van der Waals surface area contributed by atoms with Crippen molar-refractivity contribution in [3.63, 3.8) is 0 Å². The molecule has 394 valence electrons. The van der Waals surface area contributed by atoms with Crippen molar-refractivity contribution in [2.45, 2.75) is 70.2 Å². The van der Waals surface area contributed by atoms with E-state index in [0.29, 0.717) is 49.5 Å².